The lowest BCUT2D eigenvalue weighted by molar-refractivity contribution is 0.0746. The number of carbonyl (C=O) groups excluding carboxylic acids is 1. The van der Waals surface area contributed by atoms with Crippen molar-refractivity contribution >= 4 is 11.7 Å². The molecule has 6 nitrogen and oxygen atoms in total. The van der Waals surface area contributed by atoms with E-state index in [0.717, 1.165) is 48.8 Å². The third kappa shape index (κ3) is 5.38. The molecule has 0 spiro atoms. The Morgan fingerprint density at radius 2 is 1.59 bits per heavy atom. The molecule has 0 bridgehead atoms. The molecule has 0 unspecified atom stereocenters. The zero-order valence-electron chi connectivity index (χ0n) is 20.7. The van der Waals surface area contributed by atoms with Crippen LogP contribution in [0.1, 0.15) is 46.8 Å². The number of ether oxygens (including phenoxy) is 1. The molecule has 2 heterocycles. The van der Waals surface area contributed by atoms with Crippen LogP contribution in [-0.2, 0) is 0 Å². The van der Waals surface area contributed by atoms with Gasteiger partial charge in [-0.2, -0.15) is 0 Å². The summed E-state index contributed by atoms with van der Waals surface area (Å²) in [5, 5.41) is 9.01. The molecule has 3 aromatic rings. The Morgan fingerprint density at radius 1 is 0.882 bits per heavy atom. The second-order valence-corrected chi connectivity index (χ2v) is 9.03. The van der Waals surface area contributed by atoms with Gasteiger partial charge in [0.25, 0.3) is 5.91 Å². The number of nitrogens with zero attached hydrogens (tertiary/aromatic N) is 4. The highest BCUT2D eigenvalue weighted by Gasteiger charge is 2.23. The number of piperazine rings is 1. The summed E-state index contributed by atoms with van der Waals surface area (Å²) < 4.78 is 5.70. The molecule has 0 N–H and O–H groups in total. The van der Waals surface area contributed by atoms with E-state index in [9.17, 15) is 4.79 Å². The first-order chi connectivity index (χ1) is 16.5. The standard InChI is InChI=1S/C28H34N4O2/c1-5-6-17-34-24-9-7-23(8-10-24)28(33)32-15-13-31(14-16-32)27-12-11-26(29-30-27)25-19-21(3)20(2)18-22(25)4/h7-12,18-19H,5-6,13-17H2,1-4H3. The predicted molar refractivity (Wildman–Crippen MR) is 137 cm³/mol. The summed E-state index contributed by atoms with van der Waals surface area (Å²) in [5.74, 6) is 1.73. The van der Waals surface area contributed by atoms with Crippen molar-refractivity contribution in [3.8, 4) is 17.0 Å². The summed E-state index contributed by atoms with van der Waals surface area (Å²) in [7, 11) is 0. The highest BCUT2D eigenvalue weighted by Crippen LogP contribution is 2.26. The van der Waals surface area contributed by atoms with Crippen LogP contribution in [0, 0.1) is 20.8 Å². The van der Waals surface area contributed by atoms with Gasteiger partial charge in [-0.3, -0.25) is 4.79 Å². The van der Waals surface area contributed by atoms with Crippen LogP contribution in [0.15, 0.2) is 48.5 Å². The van der Waals surface area contributed by atoms with Gasteiger partial charge in [0, 0.05) is 37.3 Å². The summed E-state index contributed by atoms with van der Waals surface area (Å²) in [6.45, 7) is 12.0. The number of amides is 1. The molecular formula is C28H34N4O2. The highest BCUT2D eigenvalue weighted by atomic mass is 16.5. The Hall–Kier alpha value is -3.41. The van der Waals surface area contributed by atoms with Gasteiger partial charge in [-0.15, -0.1) is 10.2 Å². The molecule has 1 aliphatic rings. The van der Waals surface area contributed by atoms with E-state index in [1.807, 2.05) is 41.3 Å². The molecule has 2 aromatic carbocycles. The highest BCUT2D eigenvalue weighted by molar-refractivity contribution is 5.94. The summed E-state index contributed by atoms with van der Waals surface area (Å²) in [4.78, 5) is 17.0. The average Bonchev–Trinajstić information content (AvgIpc) is 2.87. The molecule has 34 heavy (non-hydrogen) atoms. The molecule has 0 atom stereocenters. The van der Waals surface area contributed by atoms with Crippen LogP contribution in [0.4, 0.5) is 5.82 Å². The second-order valence-electron chi connectivity index (χ2n) is 9.03. The molecule has 0 saturated carbocycles. The molecule has 4 rings (SSSR count). The largest absolute Gasteiger partial charge is 0.494 e. The van der Waals surface area contributed by atoms with Gasteiger partial charge in [-0.1, -0.05) is 19.4 Å². The first-order valence-electron chi connectivity index (χ1n) is 12.2. The van der Waals surface area contributed by atoms with Gasteiger partial charge in [-0.25, -0.2) is 0 Å². The minimum absolute atomic E-state index is 0.0615. The fraction of sp³-hybridized carbons (Fsp3) is 0.393. The topological polar surface area (TPSA) is 58.6 Å². The summed E-state index contributed by atoms with van der Waals surface area (Å²) in [6, 6.07) is 15.9. The van der Waals surface area contributed by atoms with Crippen LogP contribution in [0.25, 0.3) is 11.3 Å². The number of rotatable bonds is 7. The Labute approximate surface area is 202 Å². The van der Waals surface area contributed by atoms with Gasteiger partial charge in [0.05, 0.1) is 12.3 Å². The molecule has 178 valence electrons. The zero-order chi connectivity index (χ0) is 24.1. The minimum Gasteiger partial charge on any atom is -0.494 e. The van der Waals surface area contributed by atoms with Crippen LogP contribution in [0.2, 0.25) is 0 Å². The Balaban J connectivity index is 1.34. The molecule has 1 amide bonds. The van der Waals surface area contributed by atoms with Crippen LogP contribution < -0.4 is 9.64 Å². The molecule has 1 aromatic heterocycles. The molecule has 1 fully saturated rings. The maximum Gasteiger partial charge on any atom is 0.253 e. The number of benzene rings is 2. The summed E-state index contributed by atoms with van der Waals surface area (Å²) >= 11 is 0. The number of hydrogen-bond donors (Lipinski definition) is 0. The number of aryl methyl sites for hydroxylation is 3. The van der Waals surface area contributed by atoms with Crippen molar-refractivity contribution in [2.75, 3.05) is 37.7 Å². The first kappa shape index (κ1) is 23.7. The fourth-order valence-corrected chi connectivity index (χ4v) is 4.22. The Kier molecular flexibility index (Phi) is 7.46. The van der Waals surface area contributed by atoms with Crippen molar-refractivity contribution in [2.24, 2.45) is 0 Å². The van der Waals surface area contributed by atoms with Crippen molar-refractivity contribution < 1.29 is 9.53 Å². The fourth-order valence-electron chi connectivity index (χ4n) is 4.22. The van der Waals surface area contributed by atoms with Crippen molar-refractivity contribution in [1.82, 2.24) is 15.1 Å². The Bertz CT molecular complexity index is 1120. The minimum atomic E-state index is 0.0615. The number of anilines is 1. The molecule has 6 heteroatoms. The van der Waals surface area contributed by atoms with E-state index in [-0.39, 0.29) is 5.91 Å². The van der Waals surface area contributed by atoms with Gasteiger partial charge < -0.3 is 14.5 Å². The van der Waals surface area contributed by atoms with E-state index in [1.165, 1.54) is 16.7 Å². The third-order valence-electron chi connectivity index (χ3n) is 6.53. The van der Waals surface area contributed by atoms with E-state index < -0.39 is 0 Å². The molecule has 1 saturated heterocycles. The molecule has 0 aliphatic carbocycles. The van der Waals surface area contributed by atoms with Crippen molar-refractivity contribution in [3.05, 3.63) is 70.8 Å². The van der Waals surface area contributed by atoms with E-state index in [1.54, 1.807) is 0 Å². The van der Waals surface area contributed by atoms with Crippen molar-refractivity contribution in [3.63, 3.8) is 0 Å². The molecule has 1 aliphatic heterocycles. The average molecular weight is 459 g/mol. The summed E-state index contributed by atoms with van der Waals surface area (Å²) in [6.07, 6.45) is 2.13. The van der Waals surface area contributed by atoms with Crippen LogP contribution in [-0.4, -0.2) is 53.8 Å². The lowest BCUT2D eigenvalue weighted by Gasteiger charge is -2.35. The smallest absolute Gasteiger partial charge is 0.253 e. The normalized spacial score (nSPS) is 13.8. The van der Waals surface area contributed by atoms with E-state index in [0.29, 0.717) is 25.3 Å². The predicted octanol–water partition coefficient (Wildman–Crippen LogP) is 5.21. The maximum atomic E-state index is 12.9. The van der Waals surface area contributed by atoms with Gasteiger partial charge in [-0.05, 0) is 86.3 Å². The number of hydrogen-bond acceptors (Lipinski definition) is 5. The summed E-state index contributed by atoms with van der Waals surface area (Å²) in [5.41, 5.74) is 6.46. The zero-order valence-corrected chi connectivity index (χ0v) is 20.7. The van der Waals surface area contributed by atoms with Crippen molar-refractivity contribution in [1.29, 1.82) is 0 Å². The number of aromatic nitrogens is 2. The number of unbranched alkanes of at least 4 members (excludes halogenated alkanes) is 1. The second kappa shape index (κ2) is 10.7. The van der Waals surface area contributed by atoms with Gasteiger partial charge in [0.15, 0.2) is 5.82 Å². The first-order valence-corrected chi connectivity index (χ1v) is 12.2. The quantitative estimate of drug-likeness (QED) is 0.455. The van der Waals surface area contributed by atoms with E-state index in [4.69, 9.17) is 4.74 Å². The maximum absolute atomic E-state index is 12.9. The lowest BCUT2D eigenvalue weighted by Crippen LogP contribution is -2.49. The monoisotopic (exact) mass is 458 g/mol. The molecule has 0 radical (unpaired) electrons. The molecular weight excluding hydrogens is 424 g/mol. The van der Waals surface area contributed by atoms with Crippen LogP contribution in [0.5, 0.6) is 5.75 Å². The lowest BCUT2D eigenvalue weighted by atomic mass is 9.99. The van der Waals surface area contributed by atoms with Gasteiger partial charge in [0.2, 0.25) is 0 Å². The van der Waals surface area contributed by atoms with Crippen LogP contribution >= 0.6 is 0 Å². The van der Waals surface area contributed by atoms with Crippen molar-refractivity contribution in [2.45, 2.75) is 40.5 Å². The SMILES string of the molecule is CCCCOc1ccc(C(=O)N2CCN(c3ccc(-c4cc(C)c(C)cc4C)nn3)CC2)cc1. The van der Waals surface area contributed by atoms with Gasteiger partial charge in [0.1, 0.15) is 5.75 Å². The van der Waals surface area contributed by atoms with Gasteiger partial charge >= 0.3 is 0 Å². The number of carbonyl (C=O) groups is 1. The van der Waals surface area contributed by atoms with E-state index in [2.05, 4.69) is 54.9 Å². The van der Waals surface area contributed by atoms with E-state index >= 15 is 0 Å². The Morgan fingerprint density at radius 3 is 2.24 bits per heavy atom. The van der Waals surface area contributed by atoms with Crippen LogP contribution in [0.3, 0.4) is 0 Å². The third-order valence-corrected chi connectivity index (χ3v) is 6.53.